The Kier molecular flexibility index (Phi) is 5.85. The van der Waals surface area contributed by atoms with Gasteiger partial charge in [-0.25, -0.2) is 0 Å². The molecule has 0 radical (unpaired) electrons. The number of benzene rings is 2. The maximum Gasteiger partial charge on any atom is 0.126 e. The molecule has 3 aromatic rings. The Morgan fingerprint density at radius 1 is 1.11 bits per heavy atom. The van der Waals surface area contributed by atoms with Crippen molar-refractivity contribution in [2.24, 2.45) is 0 Å². The predicted octanol–water partition coefficient (Wildman–Crippen LogP) is 5.25. The summed E-state index contributed by atoms with van der Waals surface area (Å²) in [4.78, 5) is 3.37. The van der Waals surface area contributed by atoms with E-state index in [0.29, 0.717) is 6.04 Å². The van der Waals surface area contributed by atoms with Gasteiger partial charge in [0, 0.05) is 41.0 Å². The maximum atomic E-state index is 5.54. The molecule has 1 aliphatic heterocycles. The molecule has 1 unspecified atom stereocenters. The van der Waals surface area contributed by atoms with Crippen LogP contribution in [0.3, 0.4) is 0 Å². The average molecular weight is 379 g/mol. The number of methoxy groups -OCH3 is 1. The number of aromatic amines is 1. The van der Waals surface area contributed by atoms with Crippen molar-refractivity contribution in [1.82, 2.24) is 10.3 Å². The number of H-pyrrole nitrogens is 1. The van der Waals surface area contributed by atoms with Crippen LogP contribution in [0.1, 0.15) is 24.0 Å². The summed E-state index contributed by atoms with van der Waals surface area (Å²) in [6, 6.07) is 17.4. The Morgan fingerprint density at radius 3 is 2.89 bits per heavy atom. The van der Waals surface area contributed by atoms with E-state index in [1.165, 1.54) is 34.0 Å². The molecule has 0 fully saturated rings. The first-order valence-corrected chi connectivity index (χ1v) is 10.7. The lowest BCUT2D eigenvalue weighted by Gasteiger charge is -2.25. The van der Waals surface area contributed by atoms with Crippen LogP contribution in [0.5, 0.6) is 5.75 Å². The van der Waals surface area contributed by atoms with Crippen LogP contribution in [-0.4, -0.2) is 30.4 Å². The van der Waals surface area contributed by atoms with Crippen LogP contribution < -0.4 is 10.1 Å². The quantitative estimate of drug-likeness (QED) is 0.552. The van der Waals surface area contributed by atoms with Gasteiger partial charge in [0.25, 0.3) is 0 Å². The van der Waals surface area contributed by atoms with Crippen LogP contribution in [0, 0.1) is 0 Å². The Labute approximate surface area is 165 Å². The Hall–Kier alpha value is -2.17. The van der Waals surface area contributed by atoms with Crippen molar-refractivity contribution in [1.29, 1.82) is 0 Å². The van der Waals surface area contributed by atoms with Crippen molar-refractivity contribution in [2.45, 2.75) is 24.6 Å². The van der Waals surface area contributed by atoms with E-state index >= 15 is 0 Å². The highest BCUT2D eigenvalue weighted by atomic mass is 32.2. The zero-order valence-corrected chi connectivity index (χ0v) is 16.5. The van der Waals surface area contributed by atoms with Crippen LogP contribution in [0.15, 0.2) is 60.8 Å². The molecule has 4 rings (SSSR count). The highest BCUT2D eigenvalue weighted by molar-refractivity contribution is 7.98. The van der Waals surface area contributed by atoms with Crippen LogP contribution in [0.2, 0.25) is 0 Å². The minimum absolute atomic E-state index is 0.533. The third-order valence-corrected chi connectivity index (χ3v) is 6.26. The number of thioether (sulfide) groups is 1. The van der Waals surface area contributed by atoms with Crippen molar-refractivity contribution in [2.75, 3.05) is 19.4 Å². The lowest BCUT2D eigenvalue weighted by atomic mass is 9.93. The largest absolute Gasteiger partial charge is 0.496 e. The van der Waals surface area contributed by atoms with E-state index in [9.17, 15) is 0 Å². The van der Waals surface area contributed by atoms with E-state index in [1.54, 1.807) is 7.11 Å². The second kappa shape index (κ2) is 8.68. The smallest absolute Gasteiger partial charge is 0.126 e. The molecule has 27 heavy (non-hydrogen) atoms. The van der Waals surface area contributed by atoms with Gasteiger partial charge in [-0.2, -0.15) is 11.8 Å². The normalized spacial score (nSPS) is 17.1. The summed E-state index contributed by atoms with van der Waals surface area (Å²) >= 11 is 2.02. The molecule has 1 aliphatic rings. The van der Waals surface area contributed by atoms with Gasteiger partial charge < -0.3 is 15.0 Å². The summed E-state index contributed by atoms with van der Waals surface area (Å²) in [5.74, 6) is 3.19. The molecule has 4 heteroatoms. The monoisotopic (exact) mass is 378 g/mol. The summed E-state index contributed by atoms with van der Waals surface area (Å²) in [7, 11) is 1.75. The van der Waals surface area contributed by atoms with Crippen LogP contribution in [0.25, 0.3) is 16.5 Å². The summed E-state index contributed by atoms with van der Waals surface area (Å²) < 4.78 is 5.54. The van der Waals surface area contributed by atoms with Gasteiger partial charge in [0.05, 0.1) is 7.11 Å². The van der Waals surface area contributed by atoms with Gasteiger partial charge in [-0.05, 0) is 41.9 Å². The van der Waals surface area contributed by atoms with Gasteiger partial charge in [0.15, 0.2) is 0 Å². The zero-order valence-electron chi connectivity index (χ0n) is 15.7. The van der Waals surface area contributed by atoms with E-state index in [-0.39, 0.29) is 0 Å². The number of fused-ring (bicyclic) bond motifs is 1. The second-order valence-corrected chi connectivity index (χ2v) is 8.04. The molecule has 2 N–H and O–H groups in total. The van der Waals surface area contributed by atoms with E-state index in [0.717, 1.165) is 30.2 Å². The first-order chi connectivity index (χ1) is 13.3. The molecule has 0 saturated heterocycles. The fourth-order valence-corrected chi connectivity index (χ4v) is 4.82. The topological polar surface area (TPSA) is 37.0 Å². The van der Waals surface area contributed by atoms with E-state index in [2.05, 4.69) is 59.0 Å². The number of para-hydroxylation sites is 2. The van der Waals surface area contributed by atoms with Gasteiger partial charge in [-0.1, -0.05) is 42.5 Å². The molecule has 0 amide bonds. The summed E-state index contributed by atoms with van der Waals surface area (Å²) in [5.41, 5.74) is 5.27. The lowest BCUT2D eigenvalue weighted by Crippen LogP contribution is -2.33. The lowest BCUT2D eigenvalue weighted by molar-refractivity contribution is 0.412. The molecule has 2 aromatic carbocycles. The molecule has 1 atom stereocenters. The Bertz CT molecular complexity index is 931. The third-order valence-electron chi connectivity index (χ3n) is 5.22. The fourth-order valence-electron chi connectivity index (χ4n) is 3.76. The first-order valence-electron chi connectivity index (χ1n) is 9.53. The molecule has 3 nitrogen and oxygen atoms in total. The summed E-state index contributed by atoms with van der Waals surface area (Å²) in [6.45, 7) is 0.936. The highest BCUT2D eigenvalue weighted by Crippen LogP contribution is 2.31. The van der Waals surface area contributed by atoms with E-state index in [1.807, 2.05) is 23.9 Å². The average Bonchev–Trinajstić information content (AvgIpc) is 3.14. The SMILES string of the molecule is COc1ccccc1C1=CCNC(CCSCc2c[nH]c3ccccc23)C1. The molecule has 0 aliphatic carbocycles. The van der Waals surface area contributed by atoms with E-state index in [4.69, 9.17) is 4.74 Å². The minimum atomic E-state index is 0.533. The Balaban J connectivity index is 1.30. The van der Waals surface area contributed by atoms with Gasteiger partial charge in [0.2, 0.25) is 0 Å². The highest BCUT2D eigenvalue weighted by Gasteiger charge is 2.18. The third kappa shape index (κ3) is 4.23. The molecule has 0 spiro atoms. The standard InChI is InChI=1S/C23H26N2OS/c1-26-23-9-5-3-7-21(23)17-10-12-24-19(14-17)11-13-27-16-18-15-25-22-8-4-2-6-20(18)22/h2-10,15,19,24-25H,11-14,16H2,1H3. The molecular weight excluding hydrogens is 352 g/mol. The number of nitrogens with one attached hydrogen (secondary N) is 2. The number of hydrogen-bond acceptors (Lipinski definition) is 3. The first kappa shape index (κ1) is 18.2. The predicted molar refractivity (Wildman–Crippen MR) is 116 cm³/mol. The fraction of sp³-hybridized carbons (Fsp3) is 0.304. The van der Waals surface area contributed by atoms with Crippen molar-refractivity contribution < 1.29 is 4.74 Å². The van der Waals surface area contributed by atoms with Gasteiger partial charge in [-0.15, -0.1) is 0 Å². The maximum absolute atomic E-state index is 5.54. The molecular formula is C23H26N2OS. The summed E-state index contributed by atoms with van der Waals surface area (Å²) in [6.07, 6.45) is 6.69. The molecule has 0 saturated carbocycles. The molecule has 2 heterocycles. The van der Waals surface area contributed by atoms with Gasteiger partial charge in [-0.3, -0.25) is 0 Å². The van der Waals surface area contributed by atoms with Crippen LogP contribution >= 0.6 is 11.8 Å². The van der Waals surface area contributed by atoms with Crippen molar-refractivity contribution in [3.05, 3.63) is 71.9 Å². The van der Waals surface area contributed by atoms with E-state index < -0.39 is 0 Å². The number of aromatic nitrogens is 1. The van der Waals surface area contributed by atoms with Crippen molar-refractivity contribution in [3.63, 3.8) is 0 Å². The van der Waals surface area contributed by atoms with Gasteiger partial charge >= 0.3 is 0 Å². The number of rotatable bonds is 7. The Morgan fingerprint density at radius 2 is 1.96 bits per heavy atom. The molecule has 0 bridgehead atoms. The van der Waals surface area contributed by atoms with Crippen LogP contribution in [-0.2, 0) is 5.75 Å². The second-order valence-electron chi connectivity index (χ2n) is 6.94. The number of ether oxygens (including phenoxy) is 1. The number of hydrogen-bond donors (Lipinski definition) is 2. The minimum Gasteiger partial charge on any atom is -0.496 e. The molecule has 1 aromatic heterocycles. The zero-order chi connectivity index (χ0) is 18.5. The van der Waals surface area contributed by atoms with Crippen molar-refractivity contribution in [3.8, 4) is 5.75 Å². The van der Waals surface area contributed by atoms with Gasteiger partial charge in [0.1, 0.15) is 5.75 Å². The summed E-state index contributed by atoms with van der Waals surface area (Å²) in [5, 5.41) is 4.99. The molecule has 140 valence electrons. The van der Waals surface area contributed by atoms with Crippen molar-refractivity contribution >= 4 is 28.2 Å². The van der Waals surface area contributed by atoms with Crippen LogP contribution in [0.4, 0.5) is 0 Å².